The Morgan fingerprint density at radius 2 is 2.25 bits per heavy atom. The number of fused-ring (bicyclic) bond motifs is 1. The molecule has 2 aromatic heterocycles. The summed E-state index contributed by atoms with van der Waals surface area (Å²) in [6, 6.07) is 1.96. The van der Waals surface area contributed by atoms with Crippen molar-refractivity contribution in [2.75, 3.05) is 25.0 Å². The Morgan fingerprint density at radius 1 is 1.46 bits per heavy atom. The predicted octanol–water partition coefficient (Wildman–Crippen LogP) is 1.32. The molecule has 0 aromatic carbocycles. The van der Waals surface area contributed by atoms with Crippen LogP contribution in [-0.4, -0.2) is 58.2 Å². The number of nitrogens with two attached hydrogens (primary N) is 1. The van der Waals surface area contributed by atoms with E-state index in [1.165, 1.54) is 11.2 Å². The molecule has 1 fully saturated rings. The molecule has 0 spiro atoms. The minimum absolute atomic E-state index is 0.0344. The number of hydrogen-bond donors (Lipinski definition) is 2. The number of piperidine rings is 1. The van der Waals surface area contributed by atoms with Gasteiger partial charge in [0, 0.05) is 26.3 Å². The van der Waals surface area contributed by atoms with Gasteiger partial charge in [0.25, 0.3) is 0 Å². The van der Waals surface area contributed by atoms with Gasteiger partial charge in [0.2, 0.25) is 0 Å². The number of hydrogen-bond acceptors (Lipinski definition) is 6. The number of aromatic nitrogens is 3. The number of carbonyl (C=O) groups is 2. The Morgan fingerprint density at radius 3 is 3.00 bits per heavy atom. The van der Waals surface area contributed by atoms with Gasteiger partial charge in [0.15, 0.2) is 0 Å². The Balaban J connectivity index is 1.82. The van der Waals surface area contributed by atoms with Crippen molar-refractivity contribution in [1.82, 2.24) is 19.9 Å². The van der Waals surface area contributed by atoms with E-state index in [9.17, 15) is 9.59 Å². The SMILES string of the molecule is CC1CCN(C(=O)OC(N)=O)CC1N(C)c1ncnc2[nH]ccc12. The van der Waals surface area contributed by atoms with E-state index in [4.69, 9.17) is 5.73 Å². The molecule has 128 valence electrons. The number of likely N-dealkylation sites (N-methyl/N-ethyl adjacent to an activating group) is 1. The third-order valence-electron chi connectivity index (χ3n) is 4.53. The fraction of sp³-hybridized carbons (Fsp3) is 0.467. The highest BCUT2D eigenvalue weighted by Crippen LogP contribution is 2.28. The van der Waals surface area contributed by atoms with E-state index in [1.807, 2.05) is 24.2 Å². The van der Waals surface area contributed by atoms with Gasteiger partial charge in [-0.25, -0.2) is 19.6 Å². The lowest BCUT2D eigenvalue weighted by Gasteiger charge is -2.41. The molecule has 1 aliphatic rings. The summed E-state index contributed by atoms with van der Waals surface area (Å²) in [6.45, 7) is 3.09. The highest BCUT2D eigenvalue weighted by molar-refractivity contribution is 5.87. The van der Waals surface area contributed by atoms with Gasteiger partial charge >= 0.3 is 12.2 Å². The van der Waals surface area contributed by atoms with Crippen molar-refractivity contribution in [3.8, 4) is 0 Å². The van der Waals surface area contributed by atoms with Crippen LogP contribution in [0.2, 0.25) is 0 Å². The zero-order valence-electron chi connectivity index (χ0n) is 13.6. The number of carbonyl (C=O) groups excluding carboxylic acids is 2. The van der Waals surface area contributed by atoms with Crippen LogP contribution in [0.5, 0.6) is 0 Å². The molecule has 9 heteroatoms. The summed E-state index contributed by atoms with van der Waals surface area (Å²) in [6.07, 6.45) is 2.33. The zero-order chi connectivity index (χ0) is 17.3. The molecular formula is C15H20N6O3. The number of nitrogens with one attached hydrogen (secondary N) is 1. The maximum atomic E-state index is 11.9. The number of anilines is 1. The molecule has 0 saturated carbocycles. The van der Waals surface area contributed by atoms with Crippen molar-refractivity contribution in [2.24, 2.45) is 11.7 Å². The summed E-state index contributed by atoms with van der Waals surface area (Å²) in [4.78, 5) is 37.9. The summed E-state index contributed by atoms with van der Waals surface area (Å²) < 4.78 is 4.49. The molecule has 2 amide bonds. The van der Waals surface area contributed by atoms with Crippen LogP contribution in [0.25, 0.3) is 11.0 Å². The molecule has 9 nitrogen and oxygen atoms in total. The van der Waals surface area contributed by atoms with Gasteiger partial charge in [-0.1, -0.05) is 6.92 Å². The lowest BCUT2D eigenvalue weighted by Crippen LogP contribution is -2.53. The van der Waals surface area contributed by atoms with Crippen LogP contribution in [-0.2, 0) is 4.74 Å². The molecule has 0 bridgehead atoms. The second kappa shape index (κ2) is 6.34. The number of aromatic amines is 1. The van der Waals surface area contributed by atoms with Gasteiger partial charge in [-0.3, -0.25) is 0 Å². The number of likely N-dealkylation sites (tertiary alicyclic amines) is 1. The number of H-pyrrole nitrogens is 1. The summed E-state index contributed by atoms with van der Waals surface area (Å²) in [5, 5.41) is 0.920. The van der Waals surface area contributed by atoms with E-state index in [2.05, 4.69) is 26.6 Å². The molecular weight excluding hydrogens is 312 g/mol. The first-order chi connectivity index (χ1) is 11.5. The number of rotatable bonds is 2. The lowest BCUT2D eigenvalue weighted by atomic mass is 9.92. The van der Waals surface area contributed by atoms with Crippen molar-refractivity contribution in [3.63, 3.8) is 0 Å². The van der Waals surface area contributed by atoms with E-state index < -0.39 is 12.2 Å². The normalized spacial score (nSPS) is 20.8. The molecule has 2 unspecified atom stereocenters. The van der Waals surface area contributed by atoms with Gasteiger partial charge in [-0.15, -0.1) is 0 Å². The van der Waals surface area contributed by atoms with Gasteiger partial charge < -0.3 is 25.3 Å². The van der Waals surface area contributed by atoms with Crippen LogP contribution in [0.4, 0.5) is 15.4 Å². The number of nitrogens with zero attached hydrogens (tertiary/aromatic N) is 4. The van der Waals surface area contributed by atoms with E-state index in [-0.39, 0.29) is 6.04 Å². The molecule has 0 aliphatic carbocycles. The predicted molar refractivity (Wildman–Crippen MR) is 87.5 cm³/mol. The Hall–Kier alpha value is -2.84. The van der Waals surface area contributed by atoms with Crippen molar-refractivity contribution < 1.29 is 14.3 Å². The minimum Gasteiger partial charge on any atom is -0.359 e. The van der Waals surface area contributed by atoms with Crippen LogP contribution in [0, 0.1) is 5.92 Å². The summed E-state index contributed by atoms with van der Waals surface area (Å²) in [7, 11) is 1.94. The first-order valence-corrected chi connectivity index (χ1v) is 7.74. The first kappa shape index (κ1) is 16.0. The van der Waals surface area contributed by atoms with Crippen LogP contribution in [0.1, 0.15) is 13.3 Å². The highest BCUT2D eigenvalue weighted by atomic mass is 16.6. The van der Waals surface area contributed by atoms with Crippen molar-refractivity contribution >= 4 is 29.0 Å². The van der Waals surface area contributed by atoms with Crippen molar-refractivity contribution in [2.45, 2.75) is 19.4 Å². The van der Waals surface area contributed by atoms with Crippen molar-refractivity contribution in [3.05, 3.63) is 18.6 Å². The molecule has 3 heterocycles. The van der Waals surface area contributed by atoms with E-state index in [0.717, 1.165) is 23.3 Å². The monoisotopic (exact) mass is 332 g/mol. The van der Waals surface area contributed by atoms with Gasteiger partial charge in [0.1, 0.15) is 17.8 Å². The quantitative estimate of drug-likeness (QED) is 0.801. The molecule has 1 aliphatic heterocycles. The van der Waals surface area contributed by atoms with Gasteiger partial charge in [-0.05, 0) is 18.4 Å². The first-order valence-electron chi connectivity index (χ1n) is 7.74. The zero-order valence-corrected chi connectivity index (χ0v) is 13.6. The number of amides is 2. The summed E-state index contributed by atoms with van der Waals surface area (Å²) >= 11 is 0. The fourth-order valence-electron chi connectivity index (χ4n) is 3.17. The average molecular weight is 332 g/mol. The van der Waals surface area contributed by atoms with E-state index >= 15 is 0 Å². The van der Waals surface area contributed by atoms with Crippen molar-refractivity contribution in [1.29, 1.82) is 0 Å². The second-order valence-corrected chi connectivity index (χ2v) is 6.01. The molecule has 1 saturated heterocycles. The van der Waals surface area contributed by atoms with Crippen LogP contribution >= 0.6 is 0 Å². The van der Waals surface area contributed by atoms with E-state index in [0.29, 0.717) is 19.0 Å². The Kier molecular flexibility index (Phi) is 4.24. The van der Waals surface area contributed by atoms with Crippen LogP contribution in [0.3, 0.4) is 0 Å². The molecule has 2 aromatic rings. The largest absolute Gasteiger partial charge is 0.418 e. The summed E-state index contributed by atoms with van der Waals surface area (Å²) in [5.74, 6) is 1.14. The maximum Gasteiger partial charge on any atom is 0.418 e. The van der Waals surface area contributed by atoms with Gasteiger partial charge in [0.05, 0.1) is 11.4 Å². The topological polar surface area (TPSA) is 117 Å². The third-order valence-corrected chi connectivity index (χ3v) is 4.53. The molecule has 3 N–H and O–H groups in total. The third kappa shape index (κ3) is 2.97. The Bertz CT molecular complexity index is 761. The molecule has 24 heavy (non-hydrogen) atoms. The second-order valence-electron chi connectivity index (χ2n) is 6.01. The smallest absolute Gasteiger partial charge is 0.359 e. The Labute approximate surface area is 138 Å². The lowest BCUT2D eigenvalue weighted by molar-refractivity contribution is 0.103. The summed E-state index contributed by atoms with van der Waals surface area (Å²) in [5.41, 5.74) is 5.69. The average Bonchev–Trinajstić information content (AvgIpc) is 3.02. The van der Waals surface area contributed by atoms with Crippen LogP contribution < -0.4 is 10.6 Å². The fourth-order valence-corrected chi connectivity index (χ4v) is 3.17. The highest BCUT2D eigenvalue weighted by Gasteiger charge is 2.33. The number of ether oxygens (including phenoxy) is 1. The maximum absolute atomic E-state index is 11.9. The van der Waals surface area contributed by atoms with E-state index in [1.54, 1.807) is 0 Å². The molecule has 3 rings (SSSR count). The van der Waals surface area contributed by atoms with Gasteiger partial charge in [-0.2, -0.15) is 0 Å². The molecule has 0 radical (unpaired) electrons. The minimum atomic E-state index is -1.09. The standard InChI is InChI=1S/C15H20N6O3/c1-9-4-6-21(15(23)24-14(16)22)7-11(9)20(2)13-10-3-5-17-12(10)18-8-19-13/h3,5,8-9,11H,4,6-7H2,1-2H3,(H2,16,22)(H,17,18,19). The molecule has 2 atom stereocenters. The van der Waals surface area contributed by atoms with Crippen LogP contribution in [0.15, 0.2) is 18.6 Å². The number of primary amides is 1.